The Morgan fingerprint density at radius 3 is 3.00 bits per heavy atom. The van der Waals surface area contributed by atoms with E-state index in [-0.39, 0.29) is 5.69 Å². The molecule has 0 bridgehead atoms. The normalized spacial score (nSPS) is 10.4. The number of nitro groups is 1. The fourth-order valence-electron chi connectivity index (χ4n) is 1.26. The number of methoxy groups -OCH3 is 1. The number of non-ortho nitro benzene ring substituents is 1. The fraction of sp³-hybridized carbons (Fsp3) is 0.125. The summed E-state index contributed by atoms with van der Waals surface area (Å²) in [5, 5.41) is 10.6. The van der Waals surface area contributed by atoms with Crippen molar-refractivity contribution in [1.82, 2.24) is 9.97 Å². The molecular formula is C8H7N3O3. The van der Waals surface area contributed by atoms with Gasteiger partial charge in [-0.1, -0.05) is 0 Å². The van der Waals surface area contributed by atoms with Gasteiger partial charge in [0.15, 0.2) is 5.75 Å². The molecule has 0 saturated carbocycles. The van der Waals surface area contributed by atoms with Crippen molar-refractivity contribution in [2.45, 2.75) is 0 Å². The highest BCUT2D eigenvalue weighted by molar-refractivity contribution is 5.83. The van der Waals surface area contributed by atoms with Crippen molar-refractivity contribution in [3.8, 4) is 5.75 Å². The van der Waals surface area contributed by atoms with E-state index in [1.807, 2.05) is 0 Å². The highest BCUT2D eigenvalue weighted by atomic mass is 16.6. The summed E-state index contributed by atoms with van der Waals surface area (Å²) in [6.45, 7) is 0. The van der Waals surface area contributed by atoms with Gasteiger partial charge in [0.1, 0.15) is 5.52 Å². The van der Waals surface area contributed by atoms with Crippen molar-refractivity contribution >= 4 is 16.7 Å². The van der Waals surface area contributed by atoms with Crippen molar-refractivity contribution in [2.75, 3.05) is 7.11 Å². The van der Waals surface area contributed by atoms with Crippen LogP contribution in [0.5, 0.6) is 5.75 Å². The lowest BCUT2D eigenvalue weighted by Gasteiger charge is -1.99. The molecule has 6 heteroatoms. The van der Waals surface area contributed by atoms with E-state index in [1.165, 1.54) is 25.6 Å². The van der Waals surface area contributed by atoms with Crippen LogP contribution in [0.25, 0.3) is 11.0 Å². The largest absolute Gasteiger partial charge is 0.494 e. The van der Waals surface area contributed by atoms with Crippen LogP contribution in [-0.2, 0) is 0 Å². The quantitative estimate of drug-likeness (QED) is 0.578. The van der Waals surface area contributed by atoms with Crippen molar-refractivity contribution in [1.29, 1.82) is 0 Å². The Hall–Kier alpha value is -2.11. The second-order valence-corrected chi connectivity index (χ2v) is 2.70. The van der Waals surface area contributed by atoms with E-state index in [9.17, 15) is 10.1 Å². The number of H-pyrrole nitrogens is 1. The summed E-state index contributed by atoms with van der Waals surface area (Å²) in [5.41, 5.74) is 1.17. The third-order valence-corrected chi connectivity index (χ3v) is 1.90. The van der Waals surface area contributed by atoms with E-state index in [1.54, 1.807) is 0 Å². The van der Waals surface area contributed by atoms with Gasteiger partial charge in [0, 0.05) is 6.07 Å². The maximum atomic E-state index is 10.6. The minimum atomic E-state index is -0.469. The first-order valence-corrected chi connectivity index (χ1v) is 3.88. The first-order valence-electron chi connectivity index (χ1n) is 3.88. The second-order valence-electron chi connectivity index (χ2n) is 2.70. The number of benzene rings is 1. The van der Waals surface area contributed by atoms with Crippen LogP contribution in [-0.4, -0.2) is 22.0 Å². The van der Waals surface area contributed by atoms with Gasteiger partial charge in [-0.3, -0.25) is 10.1 Å². The fourth-order valence-corrected chi connectivity index (χ4v) is 1.26. The first kappa shape index (κ1) is 8.49. The van der Waals surface area contributed by atoms with Gasteiger partial charge >= 0.3 is 0 Å². The number of hydrogen-bond donors (Lipinski definition) is 1. The van der Waals surface area contributed by atoms with E-state index < -0.39 is 4.92 Å². The van der Waals surface area contributed by atoms with Crippen molar-refractivity contribution in [2.24, 2.45) is 0 Å². The second kappa shape index (κ2) is 2.99. The maximum absolute atomic E-state index is 10.6. The molecule has 0 amide bonds. The monoisotopic (exact) mass is 193 g/mol. The van der Waals surface area contributed by atoms with Gasteiger partial charge in [0.2, 0.25) is 0 Å². The van der Waals surface area contributed by atoms with Gasteiger partial charge in [-0.05, 0) is 0 Å². The molecule has 2 rings (SSSR count). The molecule has 6 nitrogen and oxygen atoms in total. The van der Waals surface area contributed by atoms with E-state index in [0.717, 1.165) is 0 Å². The molecule has 1 N–H and O–H groups in total. The smallest absolute Gasteiger partial charge is 0.275 e. The molecule has 0 aliphatic heterocycles. The molecule has 1 aromatic heterocycles. The molecular weight excluding hydrogens is 186 g/mol. The zero-order valence-electron chi connectivity index (χ0n) is 7.35. The molecule has 72 valence electrons. The molecule has 1 heterocycles. The van der Waals surface area contributed by atoms with Crippen LogP contribution in [0, 0.1) is 10.1 Å². The predicted molar refractivity (Wildman–Crippen MR) is 49.3 cm³/mol. The van der Waals surface area contributed by atoms with Crippen LogP contribution in [0.1, 0.15) is 0 Å². The van der Waals surface area contributed by atoms with E-state index in [2.05, 4.69) is 9.97 Å². The highest BCUT2D eigenvalue weighted by Crippen LogP contribution is 2.28. The number of nitrogens with zero attached hydrogens (tertiary/aromatic N) is 2. The van der Waals surface area contributed by atoms with Gasteiger partial charge in [-0.15, -0.1) is 0 Å². The summed E-state index contributed by atoms with van der Waals surface area (Å²) in [5.74, 6) is 0.399. The number of ether oxygens (including phenoxy) is 1. The molecule has 0 aliphatic carbocycles. The Morgan fingerprint density at radius 2 is 2.36 bits per heavy atom. The Labute approximate surface area is 78.7 Å². The lowest BCUT2D eigenvalue weighted by Crippen LogP contribution is -1.91. The molecule has 14 heavy (non-hydrogen) atoms. The highest BCUT2D eigenvalue weighted by Gasteiger charge is 2.13. The molecule has 0 fully saturated rings. The lowest BCUT2D eigenvalue weighted by molar-refractivity contribution is -0.384. The average molecular weight is 193 g/mol. The van der Waals surface area contributed by atoms with Gasteiger partial charge in [0.25, 0.3) is 5.69 Å². The summed E-state index contributed by atoms with van der Waals surface area (Å²) in [7, 11) is 1.45. The molecule has 1 aromatic carbocycles. The van der Waals surface area contributed by atoms with E-state index in [4.69, 9.17) is 4.74 Å². The number of rotatable bonds is 2. The zero-order valence-corrected chi connectivity index (χ0v) is 7.35. The third kappa shape index (κ3) is 1.17. The van der Waals surface area contributed by atoms with Crippen molar-refractivity contribution < 1.29 is 9.66 Å². The number of aromatic amines is 1. The van der Waals surface area contributed by atoms with Crippen LogP contribution in [0.3, 0.4) is 0 Å². The minimum absolute atomic E-state index is 0.0152. The molecule has 0 unspecified atom stereocenters. The zero-order chi connectivity index (χ0) is 10.1. The number of nitro benzene ring substituents is 1. The van der Waals surface area contributed by atoms with Crippen LogP contribution < -0.4 is 4.74 Å². The number of nitrogens with one attached hydrogen (secondary N) is 1. The number of hydrogen-bond acceptors (Lipinski definition) is 4. The average Bonchev–Trinajstić information content (AvgIpc) is 2.63. The van der Waals surface area contributed by atoms with Gasteiger partial charge in [-0.2, -0.15) is 0 Å². The molecule has 0 atom stereocenters. The van der Waals surface area contributed by atoms with Crippen LogP contribution >= 0.6 is 0 Å². The summed E-state index contributed by atoms with van der Waals surface area (Å²) < 4.78 is 4.99. The first-order chi connectivity index (χ1) is 6.72. The van der Waals surface area contributed by atoms with Gasteiger partial charge < -0.3 is 9.72 Å². The molecule has 0 saturated heterocycles. The van der Waals surface area contributed by atoms with Gasteiger partial charge in [-0.25, -0.2) is 4.98 Å². The SMILES string of the molecule is COc1cc([N+](=O)[O-])cc2[nH]cnc12. The maximum Gasteiger partial charge on any atom is 0.275 e. The lowest BCUT2D eigenvalue weighted by atomic mass is 10.2. The third-order valence-electron chi connectivity index (χ3n) is 1.90. The van der Waals surface area contributed by atoms with Crippen molar-refractivity contribution in [3.63, 3.8) is 0 Å². The molecule has 0 radical (unpaired) electrons. The van der Waals surface area contributed by atoms with Crippen LogP contribution in [0.4, 0.5) is 5.69 Å². The predicted octanol–water partition coefficient (Wildman–Crippen LogP) is 1.48. The summed E-state index contributed by atoms with van der Waals surface area (Å²) in [6, 6.07) is 2.77. The van der Waals surface area contributed by atoms with E-state index >= 15 is 0 Å². The van der Waals surface area contributed by atoms with Gasteiger partial charge in [0.05, 0.1) is 29.9 Å². The van der Waals surface area contributed by atoms with E-state index in [0.29, 0.717) is 16.8 Å². The molecule has 0 aliphatic rings. The number of aromatic nitrogens is 2. The minimum Gasteiger partial charge on any atom is -0.494 e. The summed E-state index contributed by atoms with van der Waals surface area (Å²) in [4.78, 5) is 16.9. The molecule has 0 spiro atoms. The topological polar surface area (TPSA) is 81.0 Å². The number of imidazole rings is 1. The Bertz CT molecular complexity index is 492. The van der Waals surface area contributed by atoms with Crippen LogP contribution in [0.15, 0.2) is 18.5 Å². The standard InChI is InChI=1S/C8H7N3O3/c1-14-7-3-5(11(12)13)2-6-8(7)10-4-9-6/h2-4H,1H3,(H,9,10). The Kier molecular flexibility index (Phi) is 1.81. The summed E-state index contributed by atoms with van der Waals surface area (Å²) >= 11 is 0. The Morgan fingerprint density at radius 1 is 1.57 bits per heavy atom. The number of fused-ring (bicyclic) bond motifs is 1. The molecule has 2 aromatic rings. The summed E-state index contributed by atoms with van der Waals surface area (Å²) in [6.07, 6.45) is 1.47. The van der Waals surface area contributed by atoms with Crippen LogP contribution in [0.2, 0.25) is 0 Å². The Balaban J connectivity index is 2.73. The van der Waals surface area contributed by atoms with Crippen molar-refractivity contribution in [3.05, 3.63) is 28.6 Å².